The monoisotopic (exact) mass is 483 g/mol. The third-order valence-electron chi connectivity index (χ3n) is 5.69. The minimum atomic E-state index is -4.44. The third-order valence-corrected chi connectivity index (χ3v) is 5.69. The van der Waals surface area contributed by atoms with Crippen molar-refractivity contribution in [3.8, 4) is 5.75 Å². The van der Waals surface area contributed by atoms with Crippen LogP contribution in [-0.4, -0.2) is 37.0 Å². The van der Waals surface area contributed by atoms with Gasteiger partial charge in [-0.3, -0.25) is 9.69 Å². The molecule has 0 aromatic heterocycles. The van der Waals surface area contributed by atoms with Crippen LogP contribution in [0, 0.1) is 0 Å². The molecule has 4 rings (SSSR count). The molecule has 1 aliphatic rings. The molecule has 35 heavy (non-hydrogen) atoms. The number of hydrogen-bond donors (Lipinski definition) is 1. The molecule has 0 bridgehead atoms. The van der Waals surface area contributed by atoms with Crippen LogP contribution >= 0.6 is 0 Å². The van der Waals surface area contributed by atoms with Crippen LogP contribution in [0.1, 0.15) is 27.9 Å². The summed E-state index contributed by atoms with van der Waals surface area (Å²) in [6.07, 6.45) is -3.78. The zero-order chi connectivity index (χ0) is 25.0. The summed E-state index contributed by atoms with van der Waals surface area (Å²) in [5.41, 5.74) is 1.20. The summed E-state index contributed by atoms with van der Waals surface area (Å²) in [5, 5.41) is 2.82. The van der Waals surface area contributed by atoms with E-state index in [1.807, 2.05) is 0 Å². The summed E-state index contributed by atoms with van der Waals surface area (Å²) >= 11 is 0. The Hall–Kier alpha value is -4.01. The second-order valence-electron chi connectivity index (χ2n) is 8.14. The molecule has 1 fully saturated rings. The van der Waals surface area contributed by atoms with Gasteiger partial charge in [0.2, 0.25) is 0 Å². The van der Waals surface area contributed by atoms with Gasteiger partial charge in [-0.2, -0.15) is 13.2 Å². The lowest BCUT2D eigenvalue weighted by Gasteiger charge is -2.36. The number of anilines is 2. The van der Waals surface area contributed by atoms with Crippen LogP contribution in [0.15, 0.2) is 72.8 Å². The Kier molecular flexibility index (Phi) is 6.95. The lowest BCUT2D eigenvalue weighted by molar-refractivity contribution is -0.137. The summed E-state index contributed by atoms with van der Waals surface area (Å²) in [4.78, 5) is 28.9. The number of halogens is 3. The van der Waals surface area contributed by atoms with Gasteiger partial charge < -0.3 is 15.0 Å². The molecule has 6 nitrogen and oxygen atoms in total. The summed E-state index contributed by atoms with van der Waals surface area (Å²) in [6.45, 7) is 0.981. The summed E-state index contributed by atoms with van der Waals surface area (Å²) in [7, 11) is 1.52. The van der Waals surface area contributed by atoms with Crippen LogP contribution in [0.25, 0.3) is 0 Å². The van der Waals surface area contributed by atoms with E-state index in [-0.39, 0.29) is 18.5 Å². The first-order chi connectivity index (χ1) is 16.7. The lowest BCUT2D eigenvalue weighted by Crippen LogP contribution is -2.49. The van der Waals surface area contributed by atoms with Crippen molar-refractivity contribution >= 4 is 23.3 Å². The quantitative estimate of drug-likeness (QED) is 0.482. The van der Waals surface area contributed by atoms with Gasteiger partial charge in [-0.1, -0.05) is 24.3 Å². The number of rotatable bonds is 6. The molecular formula is C26H24F3N3O3. The van der Waals surface area contributed by atoms with Gasteiger partial charge in [0.05, 0.1) is 12.7 Å². The fourth-order valence-electron chi connectivity index (χ4n) is 3.95. The van der Waals surface area contributed by atoms with Gasteiger partial charge in [-0.15, -0.1) is 0 Å². The highest BCUT2D eigenvalue weighted by Gasteiger charge is 2.31. The number of urea groups is 1. The molecule has 0 atom stereocenters. The van der Waals surface area contributed by atoms with E-state index in [4.69, 9.17) is 4.74 Å². The largest absolute Gasteiger partial charge is 0.497 e. The topological polar surface area (TPSA) is 61.9 Å². The minimum absolute atomic E-state index is 0.0749. The molecule has 1 saturated heterocycles. The first-order valence-electron chi connectivity index (χ1n) is 11.0. The fourth-order valence-corrected chi connectivity index (χ4v) is 3.95. The van der Waals surface area contributed by atoms with Crippen molar-refractivity contribution in [1.82, 2.24) is 4.90 Å². The molecule has 0 radical (unpaired) electrons. The number of methoxy groups -OCH3 is 1. The molecular weight excluding hydrogens is 459 g/mol. The SMILES string of the molecule is COc1cccc(C(=O)Nc2cccc(N3CCCN(Cc4cccc(C(F)(F)F)c4)C3=O)c2)c1. The summed E-state index contributed by atoms with van der Waals surface area (Å²) in [6, 6.07) is 18.4. The molecule has 182 valence electrons. The van der Waals surface area contributed by atoms with Gasteiger partial charge in [0, 0.05) is 36.6 Å². The molecule has 0 saturated carbocycles. The highest BCUT2D eigenvalue weighted by atomic mass is 19.4. The summed E-state index contributed by atoms with van der Waals surface area (Å²) < 4.78 is 44.3. The maximum atomic E-state index is 13.2. The van der Waals surface area contributed by atoms with Crippen molar-refractivity contribution in [2.75, 3.05) is 30.4 Å². The number of alkyl halides is 3. The minimum Gasteiger partial charge on any atom is -0.497 e. The average molecular weight is 483 g/mol. The Morgan fingerprint density at radius 2 is 1.77 bits per heavy atom. The van der Waals surface area contributed by atoms with Crippen molar-refractivity contribution in [2.24, 2.45) is 0 Å². The van der Waals surface area contributed by atoms with Crippen molar-refractivity contribution in [3.05, 3.63) is 89.5 Å². The Morgan fingerprint density at radius 1 is 1.00 bits per heavy atom. The van der Waals surface area contributed by atoms with Crippen LogP contribution in [0.2, 0.25) is 0 Å². The molecule has 3 amide bonds. The maximum absolute atomic E-state index is 13.2. The zero-order valence-corrected chi connectivity index (χ0v) is 19.0. The van der Waals surface area contributed by atoms with Crippen LogP contribution in [0.5, 0.6) is 5.75 Å². The summed E-state index contributed by atoms with van der Waals surface area (Å²) in [5.74, 6) is 0.239. The number of carbonyl (C=O) groups excluding carboxylic acids is 2. The standard InChI is InChI=1S/C26H24F3N3O3/c1-35-23-11-3-7-19(15-23)24(33)30-21-9-4-10-22(16-21)32-13-5-12-31(25(32)34)17-18-6-2-8-20(14-18)26(27,28)29/h2-4,6-11,14-16H,5,12-13,17H2,1H3,(H,30,33). The molecule has 1 aliphatic heterocycles. The van der Waals surface area contributed by atoms with Crippen LogP contribution in [-0.2, 0) is 12.7 Å². The Balaban J connectivity index is 1.48. The first-order valence-corrected chi connectivity index (χ1v) is 11.0. The molecule has 3 aromatic carbocycles. The number of hydrogen-bond acceptors (Lipinski definition) is 3. The highest BCUT2D eigenvalue weighted by Crippen LogP contribution is 2.30. The predicted octanol–water partition coefficient (Wildman–Crippen LogP) is 5.80. The number of amides is 3. The van der Waals surface area contributed by atoms with E-state index in [9.17, 15) is 22.8 Å². The van der Waals surface area contributed by atoms with Crippen molar-refractivity contribution in [1.29, 1.82) is 0 Å². The van der Waals surface area contributed by atoms with Gasteiger partial charge in [0.25, 0.3) is 5.91 Å². The van der Waals surface area contributed by atoms with E-state index in [1.54, 1.807) is 59.5 Å². The lowest BCUT2D eigenvalue weighted by atomic mass is 10.1. The molecule has 0 unspecified atom stereocenters. The van der Waals surface area contributed by atoms with Crippen molar-refractivity contribution in [3.63, 3.8) is 0 Å². The van der Waals surface area contributed by atoms with Crippen LogP contribution in [0.4, 0.5) is 29.3 Å². The van der Waals surface area contributed by atoms with Gasteiger partial charge >= 0.3 is 12.2 Å². The Morgan fingerprint density at radius 3 is 2.54 bits per heavy atom. The molecule has 9 heteroatoms. The Bertz CT molecular complexity index is 1230. The van der Waals surface area contributed by atoms with E-state index in [0.717, 1.165) is 12.1 Å². The van der Waals surface area contributed by atoms with E-state index in [1.165, 1.54) is 18.1 Å². The Labute approximate surface area is 200 Å². The molecule has 0 spiro atoms. The van der Waals surface area contributed by atoms with Gasteiger partial charge in [0.15, 0.2) is 0 Å². The number of benzene rings is 3. The van der Waals surface area contributed by atoms with Crippen molar-refractivity contribution in [2.45, 2.75) is 19.1 Å². The van der Waals surface area contributed by atoms with E-state index in [2.05, 4.69) is 5.32 Å². The smallest absolute Gasteiger partial charge is 0.416 e. The third kappa shape index (κ3) is 5.74. The fraction of sp³-hybridized carbons (Fsp3) is 0.231. The number of nitrogens with one attached hydrogen (secondary N) is 1. The second kappa shape index (κ2) is 10.1. The second-order valence-corrected chi connectivity index (χ2v) is 8.14. The van der Waals surface area contributed by atoms with Gasteiger partial charge in [0.1, 0.15) is 5.75 Å². The molecule has 1 N–H and O–H groups in total. The normalized spacial score (nSPS) is 14.1. The molecule has 1 heterocycles. The van der Waals surface area contributed by atoms with Crippen molar-refractivity contribution < 1.29 is 27.5 Å². The van der Waals surface area contributed by atoms with Gasteiger partial charge in [-0.25, -0.2) is 4.79 Å². The first kappa shape index (κ1) is 24.1. The van der Waals surface area contributed by atoms with E-state index < -0.39 is 11.7 Å². The van der Waals surface area contributed by atoms with E-state index in [0.29, 0.717) is 47.8 Å². The number of ether oxygens (including phenoxy) is 1. The zero-order valence-electron chi connectivity index (χ0n) is 19.0. The maximum Gasteiger partial charge on any atom is 0.416 e. The van der Waals surface area contributed by atoms with Gasteiger partial charge in [-0.05, 0) is 60.5 Å². The molecule has 3 aromatic rings. The molecule has 0 aliphatic carbocycles. The average Bonchev–Trinajstić information content (AvgIpc) is 2.85. The number of nitrogens with zero attached hydrogens (tertiary/aromatic N) is 2. The predicted molar refractivity (Wildman–Crippen MR) is 127 cm³/mol. The van der Waals surface area contributed by atoms with E-state index >= 15 is 0 Å². The van der Waals surface area contributed by atoms with Crippen LogP contribution < -0.4 is 15.0 Å². The highest BCUT2D eigenvalue weighted by molar-refractivity contribution is 6.05. The number of carbonyl (C=O) groups is 2. The van der Waals surface area contributed by atoms with Crippen LogP contribution in [0.3, 0.4) is 0 Å².